The first-order valence-corrected chi connectivity index (χ1v) is 7.85. The second kappa shape index (κ2) is 8.15. The van der Waals surface area contributed by atoms with Crippen LogP contribution >= 0.6 is 0 Å². The molecule has 0 spiro atoms. The topological polar surface area (TPSA) is 67.4 Å². The van der Waals surface area contributed by atoms with E-state index >= 15 is 0 Å². The van der Waals surface area contributed by atoms with Gasteiger partial charge in [-0.3, -0.25) is 9.59 Å². The maximum atomic E-state index is 12.7. The molecular weight excluding hydrogens is 304 g/mol. The van der Waals surface area contributed by atoms with E-state index < -0.39 is 6.04 Å². The van der Waals surface area contributed by atoms with Crippen LogP contribution in [0.25, 0.3) is 0 Å². The normalized spacial score (nSPS) is 11.5. The number of carbonyl (C=O) groups excluding carboxylic acids is 2. The number of benzene rings is 2. The van der Waals surface area contributed by atoms with E-state index in [9.17, 15) is 9.59 Å². The van der Waals surface area contributed by atoms with Gasteiger partial charge in [0, 0.05) is 12.1 Å². The first-order chi connectivity index (χ1) is 11.5. The van der Waals surface area contributed by atoms with Gasteiger partial charge < -0.3 is 15.4 Å². The molecule has 0 unspecified atom stereocenters. The predicted octanol–water partition coefficient (Wildman–Crippen LogP) is 3.21. The molecule has 2 aromatic rings. The second-order valence-electron chi connectivity index (χ2n) is 5.44. The third kappa shape index (κ3) is 4.35. The lowest BCUT2D eigenvalue weighted by Crippen LogP contribution is -2.36. The van der Waals surface area contributed by atoms with Gasteiger partial charge in [-0.15, -0.1) is 0 Å². The molecule has 2 rings (SSSR count). The summed E-state index contributed by atoms with van der Waals surface area (Å²) in [5.74, 6) is 0.296. The SMILES string of the molecule is CCC(=O)N[C@@H](C(=O)Nc1ccc(OC)c(C)c1)c1ccccc1. The van der Waals surface area contributed by atoms with Gasteiger partial charge in [-0.1, -0.05) is 37.3 Å². The molecule has 5 heteroatoms. The number of carbonyl (C=O) groups is 2. The summed E-state index contributed by atoms with van der Waals surface area (Å²) in [6, 6.07) is 13.9. The molecule has 24 heavy (non-hydrogen) atoms. The van der Waals surface area contributed by atoms with E-state index in [0.717, 1.165) is 16.9 Å². The quantitative estimate of drug-likeness (QED) is 0.856. The number of methoxy groups -OCH3 is 1. The molecule has 0 aromatic heterocycles. The Morgan fingerprint density at radius 1 is 1.12 bits per heavy atom. The van der Waals surface area contributed by atoms with Gasteiger partial charge in [0.1, 0.15) is 11.8 Å². The van der Waals surface area contributed by atoms with Crippen molar-refractivity contribution in [2.24, 2.45) is 0 Å². The van der Waals surface area contributed by atoms with E-state index in [1.165, 1.54) is 0 Å². The minimum atomic E-state index is -0.735. The molecule has 0 bridgehead atoms. The highest BCUT2D eigenvalue weighted by molar-refractivity contribution is 5.98. The van der Waals surface area contributed by atoms with Gasteiger partial charge in [0.15, 0.2) is 0 Å². The summed E-state index contributed by atoms with van der Waals surface area (Å²) in [5, 5.41) is 5.62. The monoisotopic (exact) mass is 326 g/mol. The van der Waals surface area contributed by atoms with E-state index in [4.69, 9.17) is 4.74 Å². The molecule has 0 aliphatic rings. The van der Waals surface area contributed by atoms with Crippen LogP contribution < -0.4 is 15.4 Å². The zero-order valence-electron chi connectivity index (χ0n) is 14.1. The molecule has 0 aliphatic carbocycles. The van der Waals surface area contributed by atoms with Crippen LogP contribution in [0.15, 0.2) is 48.5 Å². The van der Waals surface area contributed by atoms with Crippen molar-refractivity contribution in [2.45, 2.75) is 26.3 Å². The molecule has 0 saturated heterocycles. The summed E-state index contributed by atoms with van der Waals surface area (Å²) >= 11 is 0. The first kappa shape index (κ1) is 17.5. The fraction of sp³-hybridized carbons (Fsp3) is 0.263. The molecule has 0 fully saturated rings. The molecule has 1 atom stereocenters. The lowest BCUT2D eigenvalue weighted by atomic mass is 10.1. The van der Waals surface area contributed by atoms with Crippen LogP contribution in [0.4, 0.5) is 5.69 Å². The van der Waals surface area contributed by atoms with Crippen LogP contribution in [0, 0.1) is 6.92 Å². The molecule has 2 amide bonds. The van der Waals surface area contributed by atoms with Crippen LogP contribution in [0.3, 0.4) is 0 Å². The molecule has 2 N–H and O–H groups in total. The number of ether oxygens (including phenoxy) is 1. The standard InChI is InChI=1S/C19H22N2O3/c1-4-17(22)21-18(14-8-6-5-7-9-14)19(23)20-15-10-11-16(24-3)13(2)12-15/h5-12,18H,4H2,1-3H3,(H,20,23)(H,21,22)/t18-/m1/s1. The lowest BCUT2D eigenvalue weighted by molar-refractivity contribution is -0.126. The Balaban J connectivity index is 2.21. The molecule has 5 nitrogen and oxygen atoms in total. The largest absolute Gasteiger partial charge is 0.496 e. The number of amides is 2. The maximum absolute atomic E-state index is 12.7. The maximum Gasteiger partial charge on any atom is 0.251 e. The summed E-state index contributed by atoms with van der Waals surface area (Å²) in [7, 11) is 1.60. The van der Waals surface area contributed by atoms with Crippen LogP contribution in [-0.2, 0) is 9.59 Å². The van der Waals surface area contributed by atoms with Gasteiger partial charge in [-0.05, 0) is 36.2 Å². The van der Waals surface area contributed by atoms with Gasteiger partial charge in [-0.2, -0.15) is 0 Å². The zero-order chi connectivity index (χ0) is 17.5. The van der Waals surface area contributed by atoms with E-state index in [1.807, 2.05) is 43.3 Å². The first-order valence-electron chi connectivity index (χ1n) is 7.85. The number of anilines is 1. The Kier molecular flexibility index (Phi) is 5.95. The highest BCUT2D eigenvalue weighted by Crippen LogP contribution is 2.23. The Labute approximate surface area is 142 Å². The highest BCUT2D eigenvalue weighted by Gasteiger charge is 2.22. The van der Waals surface area contributed by atoms with E-state index in [0.29, 0.717) is 12.1 Å². The molecule has 2 aromatic carbocycles. The third-order valence-corrected chi connectivity index (χ3v) is 3.68. The van der Waals surface area contributed by atoms with Crippen LogP contribution in [-0.4, -0.2) is 18.9 Å². The van der Waals surface area contributed by atoms with E-state index in [-0.39, 0.29) is 11.8 Å². The summed E-state index contributed by atoms with van der Waals surface area (Å²) in [6.45, 7) is 3.66. The predicted molar refractivity (Wildman–Crippen MR) is 94.0 cm³/mol. The summed E-state index contributed by atoms with van der Waals surface area (Å²) in [4.78, 5) is 24.5. The van der Waals surface area contributed by atoms with E-state index in [2.05, 4.69) is 10.6 Å². The minimum Gasteiger partial charge on any atom is -0.496 e. The van der Waals surface area contributed by atoms with Crippen molar-refractivity contribution in [3.05, 3.63) is 59.7 Å². The molecule has 0 radical (unpaired) electrons. The highest BCUT2D eigenvalue weighted by atomic mass is 16.5. The molecule has 0 heterocycles. The zero-order valence-corrected chi connectivity index (χ0v) is 14.1. The van der Waals surface area contributed by atoms with Crippen molar-refractivity contribution >= 4 is 17.5 Å². The smallest absolute Gasteiger partial charge is 0.251 e. The lowest BCUT2D eigenvalue weighted by Gasteiger charge is -2.19. The van der Waals surface area contributed by atoms with Gasteiger partial charge in [0.2, 0.25) is 5.91 Å². The number of nitrogens with one attached hydrogen (secondary N) is 2. The van der Waals surface area contributed by atoms with E-state index in [1.54, 1.807) is 26.2 Å². The third-order valence-electron chi connectivity index (χ3n) is 3.68. The molecule has 0 saturated carbocycles. The van der Waals surface area contributed by atoms with Crippen LogP contribution in [0.5, 0.6) is 5.75 Å². The van der Waals surface area contributed by atoms with Gasteiger partial charge in [0.05, 0.1) is 7.11 Å². The fourth-order valence-corrected chi connectivity index (χ4v) is 2.38. The summed E-state index contributed by atoms with van der Waals surface area (Å²) < 4.78 is 5.22. The average molecular weight is 326 g/mol. The summed E-state index contributed by atoms with van der Waals surface area (Å²) in [5.41, 5.74) is 2.32. The Morgan fingerprint density at radius 3 is 2.42 bits per heavy atom. The Bertz CT molecular complexity index is 714. The van der Waals surface area contributed by atoms with Gasteiger partial charge >= 0.3 is 0 Å². The second-order valence-corrected chi connectivity index (χ2v) is 5.44. The number of hydrogen-bond donors (Lipinski definition) is 2. The van der Waals surface area contributed by atoms with Crippen molar-refractivity contribution in [1.29, 1.82) is 0 Å². The van der Waals surface area contributed by atoms with Crippen LogP contribution in [0.1, 0.15) is 30.5 Å². The molecular formula is C19H22N2O3. The average Bonchev–Trinajstić information content (AvgIpc) is 2.60. The van der Waals surface area contributed by atoms with Gasteiger partial charge in [0.25, 0.3) is 5.91 Å². The molecule has 0 aliphatic heterocycles. The van der Waals surface area contributed by atoms with Gasteiger partial charge in [-0.25, -0.2) is 0 Å². The van der Waals surface area contributed by atoms with Crippen molar-refractivity contribution < 1.29 is 14.3 Å². The van der Waals surface area contributed by atoms with Crippen molar-refractivity contribution in [3.63, 3.8) is 0 Å². The number of hydrogen-bond acceptors (Lipinski definition) is 3. The fourth-order valence-electron chi connectivity index (χ4n) is 2.38. The van der Waals surface area contributed by atoms with Crippen molar-refractivity contribution in [2.75, 3.05) is 12.4 Å². The summed E-state index contributed by atoms with van der Waals surface area (Å²) in [6.07, 6.45) is 0.318. The Hall–Kier alpha value is -2.82. The van der Waals surface area contributed by atoms with Crippen molar-refractivity contribution in [1.82, 2.24) is 5.32 Å². The van der Waals surface area contributed by atoms with Crippen molar-refractivity contribution in [3.8, 4) is 5.75 Å². The number of aryl methyl sites for hydroxylation is 1. The minimum absolute atomic E-state index is 0.176. The Morgan fingerprint density at radius 2 is 1.83 bits per heavy atom. The molecule has 126 valence electrons. The number of rotatable bonds is 6. The van der Waals surface area contributed by atoms with Crippen LogP contribution in [0.2, 0.25) is 0 Å².